The lowest BCUT2D eigenvalue weighted by Crippen LogP contribution is -2.45. The molecular weight excluding hydrogens is 410 g/mol. The number of amides is 1. The largest absolute Gasteiger partial charge is 0.444 e. The van der Waals surface area contributed by atoms with Crippen molar-refractivity contribution in [2.24, 2.45) is 4.99 Å². The summed E-state index contributed by atoms with van der Waals surface area (Å²) in [6.07, 6.45) is 3.30. The Hall–Kier alpha value is -1.59. The van der Waals surface area contributed by atoms with Gasteiger partial charge in [0, 0.05) is 39.8 Å². The van der Waals surface area contributed by atoms with Gasteiger partial charge in [-0.25, -0.2) is 17.9 Å². The molecule has 2 atom stereocenters. The third-order valence-electron chi connectivity index (χ3n) is 4.88. The second-order valence-corrected chi connectivity index (χ2v) is 10.6. The minimum atomic E-state index is -3.39. The predicted octanol–water partition coefficient (Wildman–Crippen LogP) is 0.649. The van der Waals surface area contributed by atoms with Crippen molar-refractivity contribution in [1.82, 2.24) is 20.3 Å². The summed E-state index contributed by atoms with van der Waals surface area (Å²) in [6.45, 7) is 8.03. The fraction of sp³-hybridized carbons (Fsp3) is 0.895. The predicted molar refractivity (Wildman–Crippen MR) is 116 cm³/mol. The second kappa shape index (κ2) is 11.1. The summed E-state index contributed by atoms with van der Waals surface area (Å²) in [5.74, 6) is 0.570. The van der Waals surface area contributed by atoms with Crippen LogP contribution < -0.4 is 15.4 Å². The van der Waals surface area contributed by atoms with E-state index >= 15 is 0 Å². The quantitative estimate of drug-likeness (QED) is 0.387. The first-order chi connectivity index (χ1) is 14.1. The zero-order valence-electron chi connectivity index (χ0n) is 18.6. The van der Waals surface area contributed by atoms with Crippen molar-refractivity contribution in [2.45, 2.75) is 64.2 Å². The standard InChI is InChI=1S/C19H37N5O5S/c1-19(2,3)29-18(25)23-15-8-10-24(14-15)17(20-4)21-9-12-30(26,27)22-13-16-7-5-6-11-28-16/h15-16,22H,5-14H2,1-4H3,(H,20,21)(H,23,25). The molecule has 0 bridgehead atoms. The van der Waals surface area contributed by atoms with Gasteiger partial charge in [-0.05, 0) is 46.5 Å². The van der Waals surface area contributed by atoms with E-state index < -0.39 is 21.7 Å². The third-order valence-corrected chi connectivity index (χ3v) is 6.23. The fourth-order valence-electron chi connectivity index (χ4n) is 3.43. The fourth-order valence-corrected chi connectivity index (χ4v) is 4.39. The number of aliphatic imine (C=N–C) groups is 1. The molecule has 2 fully saturated rings. The van der Waals surface area contributed by atoms with Gasteiger partial charge in [0.2, 0.25) is 10.0 Å². The minimum Gasteiger partial charge on any atom is -0.444 e. The average molecular weight is 448 g/mol. The summed E-state index contributed by atoms with van der Waals surface area (Å²) in [6, 6.07) is -0.0423. The Morgan fingerprint density at radius 1 is 1.27 bits per heavy atom. The molecule has 0 aliphatic carbocycles. The van der Waals surface area contributed by atoms with Crippen LogP contribution in [0.3, 0.4) is 0 Å². The highest BCUT2D eigenvalue weighted by atomic mass is 32.2. The number of alkyl carbamates (subject to hydrolysis) is 1. The van der Waals surface area contributed by atoms with E-state index in [1.165, 1.54) is 0 Å². The highest BCUT2D eigenvalue weighted by Gasteiger charge is 2.28. The molecule has 0 spiro atoms. The maximum Gasteiger partial charge on any atom is 0.407 e. The number of carbonyl (C=O) groups is 1. The van der Waals surface area contributed by atoms with E-state index in [9.17, 15) is 13.2 Å². The zero-order chi connectivity index (χ0) is 22.2. The van der Waals surface area contributed by atoms with Gasteiger partial charge in [-0.15, -0.1) is 0 Å². The first-order valence-corrected chi connectivity index (χ1v) is 12.3. The molecule has 2 unspecified atom stereocenters. The Morgan fingerprint density at radius 2 is 2.03 bits per heavy atom. The van der Waals surface area contributed by atoms with Gasteiger partial charge in [0.1, 0.15) is 5.60 Å². The summed E-state index contributed by atoms with van der Waals surface area (Å²) in [5.41, 5.74) is -0.539. The number of likely N-dealkylation sites (tertiary alicyclic amines) is 1. The van der Waals surface area contributed by atoms with Crippen LogP contribution in [-0.2, 0) is 19.5 Å². The molecule has 0 saturated carbocycles. The van der Waals surface area contributed by atoms with Gasteiger partial charge < -0.3 is 25.0 Å². The first-order valence-electron chi connectivity index (χ1n) is 10.6. The van der Waals surface area contributed by atoms with Crippen molar-refractivity contribution < 1.29 is 22.7 Å². The molecule has 174 valence electrons. The Morgan fingerprint density at radius 3 is 2.67 bits per heavy atom. The topological polar surface area (TPSA) is 121 Å². The van der Waals surface area contributed by atoms with Crippen LogP contribution in [-0.4, -0.2) is 88.7 Å². The molecule has 2 aliphatic rings. The Labute approximate surface area is 180 Å². The van der Waals surface area contributed by atoms with E-state index in [1.807, 2.05) is 25.7 Å². The number of hydrogen-bond acceptors (Lipinski definition) is 6. The molecule has 0 radical (unpaired) electrons. The summed E-state index contributed by atoms with van der Waals surface area (Å²) in [4.78, 5) is 18.2. The molecule has 30 heavy (non-hydrogen) atoms. The molecule has 2 aliphatic heterocycles. The Kier molecular flexibility index (Phi) is 9.17. The van der Waals surface area contributed by atoms with Crippen LogP contribution in [0.25, 0.3) is 0 Å². The van der Waals surface area contributed by atoms with Crippen molar-refractivity contribution in [3.05, 3.63) is 0 Å². The number of sulfonamides is 1. The van der Waals surface area contributed by atoms with E-state index in [2.05, 4.69) is 20.3 Å². The van der Waals surface area contributed by atoms with Gasteiger partial charge in [0.15, 0.2) is 5.96 Å². The lowest BCUT2D eigenvalue weighted by molar-refractivity contribution is 0.0200. The van der Waals surface area contributed by atoms with Crippen molar-refractivity contribution in [3.63, 3.8) is 0 Å². The highest BCUT2D eigenvalue weighted by Crippen LogP contribution is 2.13. The number of carbonyl (C=O) groups excluding carboxylic acids is 1. The smallest absolute Gasteiger partial charge is 0.407 e. The molecule has 2 heterocycles. The molecular formula is C19H37N5O5S. The monoisotopic (exact) mass is 447 g/mol. The third kappa shape index (κ3) is 9.05. The molecule has 0 aromatic carbocycles. The number of rotatable bonds is 7. The first kappa shape index (κ1) is 24.7. The van der Waals surface area contributed by atoms with E-state index in [4.69, 9.17) is 9.47 Å². The van der Waals surface area contributed by atoms with Crippen molar-refractivity contribution in [1.29, 1.82) is 0 Å². The van der Waals surface area contributed by atoms with Crippen LogP contribution in [0.2, 0.25) is 0 Å². The summed E-state index contributed by atoms with van der Waals surface area (Å²) < 4.78 is 37.9. The lowest BCUT2D eigenvalue weighted by atomic mass is 10.1. The number of nitrogens with one attached hydrogen (secondary N) is 3. The molecule has 2 rings (SSSR count). The number of guanidine groups is 1. The number of nitrogens with zero attached hydrogens (tertiary/aromatic N) is 2. The van der Waals surface area contributed by atoms with Crippen LogP contribution in [0.4, 0.5) is 4.79 Å². The lowest BCUT2D eigenvalue weighted by Gasteiger charge is -2.24. The molecule has 3 N–H and O–H groups in total. The van der Waals surface area contributed by atoms with E-state index in [0.29, 0.717) is 32.2 Å². The van der Waals surface area contributed by atoms with E-state index in [-0.39, 0.29) is 24.4 Å². The normalized spacial score (nSPS) is 23.3. The van der Waals surface area contributed by atoms with Gasteiger partial charge in [0.05, 0.1) is 17.9 Å². The average Bonchev–Trinajstić information content (AvgIpc) is 3.11. The van der Waals surface area contributed by atoms with Crippen molar-refractivity contribution >= 4 is 22.1 Å². The van der Waals surface area contributed by atoms with Crippen LogP contribution in [0.5, 0.6) is 0 Å². The van der Waals surface area contributed by atoms with E-state index in [0.717, 1.165) is 25.7 Å². The SMILES string of the molecule is CN=C(NCCS(=O)(=O)NCC1CCCCO1)N1CCC(NC(=O)OC(C)(C)C)C1. The van der Waals surface area contributed by atoms with Crippen LogP contribution >= 0.6 is 0 Å². The van der Waals surface area contributed by atoms with Crippen molar-refractivity contribution in [2.75, 3.05) is 45.6 Å². The van der Waals surface area contributed by atoms with Crippen LogP contribution in [0.1, 0.15) is 46.5 Å². The van der Waals surface area contributed by atoms with Gasteiger partial charge in [-0.2, -0.15) is 0 Å². The summed E-state index contributed by atoms with van der Waals surface area (Å²) in [5, 5.41) is 5.97. The maximum absolute atomic E-state index is 12.2. The van der Waals surface area contributed by atoms with Gasteiger partial charge in [-0.3, -0.25) is 4.99 Å². The minimum absolute atomic E-state index is 0.0340. The Bertz CT molecular complexity index is 686. The van der Waals surface area contributed by atoms with Gasteiger partial charge >= 0.3 is 6.09 Å². The molecule has 11 heteroatoms. The molecule has 1 amide bonds. The van der Waals surface area contributed by atoms with E-state index in [1.54, 1.807) is 7.05 Å². The van der Waals surface area contributed by atoms with Crippen LogP contribution in [0, 0.1) is 0 Å². The number of hydrogen-bond donors (Lipinski definition) is 3. The second-order valence-electron chi connectivity index (χ2n) is 8.71. The van der Waals surface area contributed by atoms with Crippen molar-refractivity contribution in [3.8, 4) is 0 Å². The highest BCUT2D eigenvalue weighted by molar-refractivity contribution is 7.89. The zero-order valence-corrected chi connectivity index (χ0v) is 19.4. The molecule has 2 saturated heterocycles. The Balaban J connectivity index is 1.70. The molecule has 0 aromatic rings. The number of ether oxygens (including phenoxy) is 2. The summed E-state index contributed by atoms with van der Waals surface area (Å²) in [7, 11) is -1.74. The van der Waals surface area contributed by atoms with Gasteiger partial charge in [-0.1, -0.05) is 0 Å². The maximum atomic E-state index is 12.2. The summed E-state index contributed by atoms with van der Waals surface area (Å²) >= 11 is 0. The van der Waals surface area contributed by atoms with Crippen LogP contribution in [0.15, 0.2) is 4.99 Å². The molecule has 10 nitrogen and oxygen atoms in total. The van der Waals surface area contributed by atoms with Gasteiger partial charge in [0.25, 0.3) is 0 Å². The molecule has 0 aromatic heterocycles.